The van der Waals surface area contributed by atoms with Gasteiger partial charge in [-0.15, -0.1) is 12.4 Å². The third-order valence-electron chi connectivity index (χ3n) is 4.18. The van der Waals surface area contributed by atoms with Crippen LogP contribution in [-0.4, -0.2) is 30.4 Å². The van der Waals surface area contributed by atoms with Crippen LogP contribution in [0.1, 0.15) is 50.9 Å². The van der Waals surface area contributed by atoms with Gasteiger partial charge in [0.1, 0.15) is 0 Å². The maximum absolute atomic E-state index is 12.6. The molecule has 2 atom stereocenters. The largest absolute Gasteiger partial charge is 0.348 e. The molecule has 2 rings (SSSR count). The lowest BCUT2D eigenvalue weighted by Gasteiger charge is -2.31. The van der Waals surface area contributed by atoms with E-state index in [0.717, 1.165) is 19.4 Å². The molecule has 2 unspecified atom stereocenters. The minimum Gasteiger partial charge on any atom is -0.348 e. The quantitative estimate of drug-likeness (QED) is 0.782. The Kier molecular flexibility index (Phi) is 7.24. The third kappa shape index (κ3) is 5.21. The zero-order valence-electron chi connectivity index (χ0n) is 14.8. The molecule has 134 valence electrons. The number of carbonyl (C=O) groups excluding carboxylic acids is 2. The van der Waals surface area contributed by atoms with E-state index in [2.05, 4.69) is 22.9 Å². The highest BCUT2D eigenvalue weighted by atomic mass is 35.5. The summed E-state index contributed by atoms with van der Waals surface area (Å²) >= 11 is 0. The lowest BCUT2D eigenvalue weighted by molar-refractivity contribution is -0.123. The Morgan fingerprint density at radius 2 is 1.88 bits per heavy atom. The fourth-order valence-corrected chi connectivity index (χ4v) is 2.59. The van der Waals surface area contributed by atoms with Gasteiger partial charge in [-0.25, -0.2) is 0 Å². The first kappa shape index (κ1) is 20.5. The maximum Gasteiger partial charge on any atom is 0.253 e. The van der Waals surface area contributed by atoms with Gasteiger partial charge in [-0.2, -0.15) is 0 Å². The molecular weight excluding hydrogens is 326 g/mol. The van der Waals surface area contributed by atoms with E-state index in [1.54, 1.807) is 12.1 Å². The Hall–Kier alpha value is -1.59. The molecule has 1 aromatic carbocycles. The number of hydrogen-bond acceptors (Lipinski definition) is 3. The standard InChI is InChI=1S/C18H27N3O2.ClH/c1-12-14(10-7-11-19-12)20-16(22)13-8-5-6-9-15(13)21-17(23)18(2,3)4;/h5-6,8-9,12,14,19H,7,10-11H2,1-4H3,(H,20,22)(H,21,23);1H. The number of hydrogen-bond donors (Lipinski definition) is 3. The van der Waals surface area contributed by atoms with E-state index in [1.165, 1.54) is 0 Å². The van der Waals surface area contributed by atoms with E-state index in [0.29, 0.717) is 11.3 Å². The van der Waals surface area contributed by atoms with Crippen LogP contribution in [0.15, 0.2) is 24.3 Å². The minimum absolute atomic E-state index is 0. The molecule has 0 bridgehead atoms. The van der Waals surface area contributed by atoms with Crippen molar-refractivity contribution in [2.24, 2.45) is 5.41 Å². The Labute approximate surface area is 150 Å². The lowest BCUT2D eigenvalue weighted by atomic mass is 9.95. The summed E-state index contributed by atoms with van der Waals surface area (Å²) in [4.78, 5) is 24.8. The molecule has 6 heteroatoms. The molecule has 0 saturated carbocycles. The molecule has 0 aromatic heterocycles. The average Bonchev–Trinajstić information content (AvgIpc) is 2.49. The summed E-state index contributed by atoms with van der Waals surface area (Å²) in [5.74, 6) is -0.249. The molecule has 0 spiro atoms. The van der Waals surface area contributed by atoms with E-state index in [-0.39, 0.29) is 36.3 Å². The highest BCUT2D eigenvalue weighted by molar-refractivity contribution is 6.04. The van der Waals surface area contributed by atoms with E-state index < -0.39 is 5.41 Å². The predicted octanol–water partition coefficient (Wildman–Crippen LogP) is 2.96. The van der Waals surface area contributed by atoms with Crippen LogP contribution in [-0.2, 0) is 4.79 Å². The van der Waals surface area contributed by atoms with E-state index in [9.17, 15) is 9.59 Å². The first-order valence-electron chi connectivity index (χ1n) is 8.24. The fraction of sp³-hybridized carbons (Fsp3) is 0.556. The lowest BCUT2D eigenvalue weighted by Crippen LogP contribution is -2.52. The van der Waals surface area contributed by atoms with Crippen LogP contribution < -0.4 is 16.0 Å². The van der Waals surface area contributed by atoms with Crippen LogP contribution in [0.3, 0.4) is 0 Å². The molecule has 1 aliphatic rings. The van der Waals surface area contributed by atoms with E-state index in [1.807, 2.05) is 32.9 Å². The van der Waals surface area contributed by atoms with E-state index in [4.69, 9.17) is 0 Å². The van der Waals surface area contributed by atoms with Crippen molar-refractivity contribution in [2.45, 2.75) is 52.6 Å². The first-order chi connectivity index (χ1) is 10.8. The predicted molar refractivity (Wildman–Crippen MR) is 99.7 cm³/mol. The number of anilines is 1. The second-order valence-corrected chi connectivity index (χ2v) is 7.21. The van der Waals surface area contributed by atoms with Crippen molar-refractivity contribution in [1.82, 2.24) is 10.6 Å². The Balaban J connectivity index is 0.00000288. The number of nitrogens with one attached hydrogen (secondary N) is 3. The van der Waals surface area contributed by atoms with Crippen molar-refractivity contribution in [3.63, 3.8) is 0 Å². The maximum atomic E-state index is 12.6. The summed E-state index contributed by atoms with van der Waals surface area (Å²) in [6, 6.07) is 7.51. The summed E-state index contributed by atoms with van der Waals surface area (Å²) in [6.45, 7) is 8.62. The monoisotopic (exact) mass is 353 g/mol. The molecule has 0 aliphatic carbocycles. The van der Waals surface area contributed by atoms with Gasteiger partial charge in [0.05, 0.1) is 11.3 Å². The Morgan fingerprint density at radius 3 is 2.50 bits per heavy atom. The van der Waals surface area contributed by atoms with Crippen LogP contribution in [0.4, 0.5) is 5.69 Å². The van der Waals surface area contributed by atoms with Crippen molar-refractivity contribution in [2.75, 3.05) is 11.9 Å². The van der Waals surface area contributed by atoms with Crippen LogP contribution in [0.2, 0.25) is 0 Å². The van der Waals surface area contributed by atoms with Crippen LogP contribution in [0, 0.1) is 5.41 Å². The molecule has 1 aliphatic heterocycles. The molecule has 1 heterocycles. The van der Waals surface area contributed by atoms with Crippen molar-refractivity contribution in [3.8, 4) is 0 Å². The summed E-state index contributed by atoms with van der Waals surface area (Å²) in [5, 5.41) is 9.32. The van der Waals surface area contributed by atoms with Gasteiger partial charge in [0.2, 0.25) is 5.91 Å². The van der Waals surface area contributed by atoms with E-state index >= 15 is 0 Å². The summed E-state index contributed by atoms with van der Waals surface area (Å²) in [7, 11) is 0. The number of carbonyl (C=O) groups is 2. The molecular formula is C18H28ClN3O2. The number of para-hydroxylation sites is 1. The molecule has 1 saturated heterocycles. The average molecular weight is 354 g/mol. The minimum atomic E-state index is -0.509. The molecule has 2 amide bonds. The van der Waals surface area contributed by atoms with Crippen molar-refractivity contribution in [1.29, 1.82) is 0 Å². The number of piperidine rings is 1. The first-order valence-corrected chi connectivity index (χ1v) is 8.24. The number of halogens is 1. The van der Waals surface area contributed by atoms with Gasteiger partial charge < -0.3 is 16.0 Å². The highest BCUT2D eigenvalue weighted by Gasteiger charge is 2.25. The molecule has 0 radical (unpaired) electrons. The fourth-order valence-electron chi connectivity index (χ4n) is 2.59. The van der Waals surface area contributed by atoms with Crippen molar-refractivity contribution < 1.29 is 9.59 Å². The Morgan fingerprint density at radius 1 is 1.21 bits per heavy atom. The van der Waals surface area contributed by atoms with Gasteiger partial charge >= 0.3 is 0 Å². The van der Waals surface area contributed by atoms with Gasteiger partial charge in [-0.05, 0) is 38.4 Å². The smallest absolute Gasteiger partial charge is 0.253 e. The van der Waals surface area contributed by atoms with Crippen LogP contribution >= 0.6 is 12.4 Å². The number of benzene rings is 1. The molecule has 24 heavy (non-hydrogen) atoms. The molecule has 1 fully saturated rings. The normalized spacial score (nSPS) is 20.7. The Bertz CT molecular complexity index is 584. The second-order valence-electron chi connectivity index (χ2n) is 7.21. The van der Waals surface area contributed by atoms with Gasteiger partial charge in [0, 0.05) is 17.5 Å². The third-order valence-corrected chi connectivity index (χ3v) is 4.18. The SMILES string of the molecule is CC1NCCCC1NC(=O)c1ccccc1NC(=O)C(C)(C)C.Cl. The van der Waals surface area contributed by atoms with Gasteiger partial charge in [0.15, 0.2) is 0 Å². The summed E-state index contributed by atoms with van der Waals surface area (Å²) < 4.78 is 0. The molecule has 5 nitrogen and oxygen atoms in total. The highest BCUT2D eigenvalue weighted by Crippen LogP contribution is 2.21. The van der Waals surface area contributed by atoms with Gasteiger partial charge in [0.25, 0.3) is 5.91 Å². The second kappa shape index (κ2) is 8.49. The summed E-state index contributed by atoms with van der Waals surface area (Å²) in [6.07, 6.45) is 2.02. The van der Waals surface area contributed by atoms with Gasteiger partial charge in [-0.3, -0.25) is 9.59 Å². The molecule has 3 N–H and O–H groups in total. The number of rotatable bonds is 3. The van der Waals surface area contributed by atoms with Crippen molar-refractivity contribution >= 4 is 29.9 Å². The van der Waals surface area contributed by atoms with Crippen molar-refractivity contribution in [3.05, 3.63) is 29.8 Å². The van der Waals surface area contributed by atoms with Crippen LogP contribution in [0.25, 0.3) is 0 Å². The topological polar surface area (TPSA) is 70.2 Å². The van der Waals surface area contributed by atoms with Gasteiger partial charge in [-0.1, -0.05) is 32.9 Å². The zero-order chi connectivity index (χ0) is 17.0. The number of amides is 2. The van der Waals surface area contributed by atoms with Crippen LogP contribution in [0.5, 0.6) is 0 Å². The summed E-state index contributed by atoms with van der Waals surface area (Å²) in [5.41, 5.74) is 0.551. The zero-order valence-corrected chi connectivity index (χ0v) is 15.6. The molecule has 1 aromatic rings.